The van der Waals surface area contributed by atoms with Gasteiger partial charge in [-0.15, -0.1) is 0 Å². The summed E-state index contributed by atoms with van der Waals surface area (Å²) in [6.45, 7) is 1.01. The second kappa shape index (κ2) is 6.81. The standard InChI is InChI=1S/C13H15ClN4O2/c1-19-13-17-8-11(14)12(18-13)16-6-7-20-10-4-2-9(15)3-5-10/h2-5,8H,6-7,15H2,1H3,(H,16,17,18). The molecule has 7 heteroatoms. The average Bonchev–Trinajstić information content (AvgIpc) is 2.47. The monoisotopic (exact) mass is 294 g/mol. The van der Waals surface area contributed by atoms with Gasteiger partial charge in [-0.1, -0.05) is 11.6 Å². The number of benzene rings is 1. The summed E-state index contributed by atoms with van der Waals surface area (Å²) >= 11 is 5.97. The number of nitrogens with one attached hydrogen (secondary N) is 1. The van der Waals surface area contributed by atoms with Crippen LogP contribution < -0.4 is 20.5 Å². The molecular formula is C13H15ClN4O2. The molecule has 6 nitrogen and oxygen atoms in total. The van der Waals surface area contributed by atoms with Crippen molar-refractivity contribution in [3.8, 4) is 11.8 Å². The first-order valence-corrected chi connectivity index (χ1v) is 6.35. The molecule has 0 fully saturated rings. The van der Waals surface area contributed by atoms with E-state index in [-0.39, 0.29) is 6.01 Å². The van der Waals surface area contributed by atoms with Crippen molar-refractivity contribution in [2.24, 2.45) is 0 Å². The molecule has 0 amide bonds. The van der Waals surface area contributed by atoms with Crippen LogP contribution >= 0.6 is 11.6 Å². The van der Waals surface area contributed by atoms with Gasteiger partial charge in [-0.2, -0.15) is 4.98 Å². The topological polar surface area (TPSA) is 82.3 Å². The lowest BCUT2D eigenvalue weighted by atomic mass is 10.3. The Balaban J connectivity index is 1.82. The predicted octanol–water partition coefficient (Wildman–Crippen LogP) is 2.21. The van der Waals surface area contributed by atoms with Crippen LogP contribution in [-0.4, -0.2) is 30.2 Å². The van der Waals surface area contributed by atoms with Gasteiger partial charge in [0.1, 0.15) is 17.4 Å². The molecule has 0 unspecified atom stereocenters. The van der Waals surface area contributed by atoms with Gasteiger partial charge in [-0.3, -0.25) is 0 Å². The molecular weight excluding hydrogens is 280 g/mol. The van der Waals surface area contributed by atoms with Gasteiger partial charge in [0, 0.05) is 5.69 Å². The summed E-state index contributed by atoms with van der Waals surface area (Å²) in [5.41, 5.74) is 6.30. The van der Waals surface area contributed by atoms with Crippen molar-refractivity contribution in [1.82, 2.24) is 9.97 Å². The van der Waals surface area contributed by atoms with Gasteiger partial charge in [-0.25, -0.2) is 4.98 Å². The highest BCUT2D eigenvalue weighted by molar-refractivity contribution is 6.32. The molecule has 1 aromatic carbocycles. The van der Waals surface area contributed by atoms with Crippen LogP contribution in [0.4, 0.5) is 11.5 Å². The Labute approximate surface area is 121 Å². The number of hydrogen-bond acceptors (Lipinski definition) is 6. The molecule has 0 aliphatic carbocycles. The van der Waals surface area contributed by atoms with Gasteiger partial charge in [0.25, 0.3) is 0 Å². The molecule has 2 aromatic rings. The summed E-state index contributed by atoms with van der Waals surface area (Å²) in [5.74, 6) is 1.27. The Morgan fingerprint density at radius 2 is 2.05 bits per heavy atom. The Kier molecular flexibility index (Phi) is 4.84. The summed E-state index contributed by atoms with van der Waals surface area (Å²) in [5, 5.41) is 3.49. The molecule has 0 aliphatic heterocycles. The minimum Gasteiger partial charge on any atom is -0.492 e. The molecule has 0 radical (unpaired) electrons. The van der Waals surface area contributed by atoms with Gasteiger partial charge >= 0.3 is 6.01 Å². The number of rotatable bonds is 6. The molecule has 0 spiro atoms. The Morgan fingerprint density at radius 1 is 1.30 bits per heavy atom. The van der Waals surface area contributed by atoms with Crippen molar-refractivity contribution in [2.45, 2.75) is 0 Å². The van der Waals surface area contributed by atoms with Gasteiger partial charge in [0.2, 0.25) is 0 Å². The number of nitrogens with zero attached hydrogens (tertiary/aromatic N) is 2. The maximum Gasteiger partial charge on any atom is 0.318 e. The first-order chi connectivity index (χ1) is 9.69. The van der Waals surface area contributed by atoms with Crippen molar-refractivity contribution in [1.29, 1.82) is 0 Å². The Morgan fingerprint density at radius 3 is 2.75 bits per heavy atom. The SMILES string of the molecule is COc1ncc(Cl)c(NCCOc2ccc(N)cc2)n1. The second-order valence-electron chi connectivity index (χ2n) is 3.90. The molecule has 20 heavy (non-hydrogen) atoms. The molecule has 2 rings (SSSR count). The number of methoxy groups -OCH3 is 1. The van der Waals surface area contributed by atoms with Gasteiger partial charge in [0.05, 0.1) is 19.9 Å². The van der Waals surface area contributed by atoms with E-state index in [1.807, 2.05) is 12.1 Å². The van der Waals surface area contributed by atoms with Crippen LogP contribution in [0.15, 0.2) is 30.5 Å². The van der Waals surface area contributed by atoms with Crippen LogP contribution in [-0.2, 0) is 0 Å². The summed E-state index contributed by atoms with van der Waals surface area (Å²) < 4.78 is 10.5. The number of halogens is 1. The first kappa shape index (κ1) is 14.2. The predicted molar refractivity (Wildman–Crippen MR) is 78.4 cm³/mol. The van der Waals surface area contributed by atoms with Gasteiger partial charge < -0.3 is 20.5 Å². The zero-order valence-corrected chi connectivity index (χ0v) is 11.7. The van der Waals surface area contributed by atoms with Crippen molar-refractivity contribution >= 4 is 23.1 Å². The molecule has 0 saturated carbocycles. The van der Waals surface area contributed by atoms with Crippen LogP contribution in [0.5, 0.6) is 11.8 Å². The Hall–Kier alpha value is -2.21. The van der Waals surface area contributed by atoms with Crippen molar-refractivity contribution in [2.75, 3.05) is 31.3 Å². The third kappa shape index (κ3) is 3.89. The maximum absolute atomic E-state index is 5.97. The highest BCUT2D eigenvalue weighted by atomic mass is 35.5. The van der Waals surface area contributed by atoms with E-state index >= 15 is 0 Å². The minimum atomic E-state index is 0.261. The number of ether oxygens (including phenoxy) is 2. The van der Waals surface area contributed by atoms with E-state index in [4.69, 9.17) is 26.8 Å². The van der Waals surface area contributed by atoms with Crippen molar-refractivity contribution in [3.05, 3.63) is 35.5 Å². The van der Waals surface area contributed by atoms with Crippen LogP contribution in [0.3, 0.4) is 0 Å². The average molecular weight is 295 g/mol. The second-order valence-corrected chi connectivity index (χ2v) is 4.30. The van der Waals surface area contributed by atoms with E-state index in [9.17, 15) is 0 Å². The first-order valence-electron chi connectivity index (χ1n) is 5.98. The van der Waals surface area contributed by atoms with Crippen molar-refractivity contribution < 1.29 is 9.47 Å². The molecule has 1 heterocycles. The summed E-state index contributed by atoms with van der Waals surface area (Å²) in [6.07, 6.45) is 1.48. The third-order valence-corrected chi connectivity index (χ3v) is 2.72. The lowest BCUT2D eigenvalue weighted by Gasteiger charge is -2.09. The molecule has 3 N–H and O–H groups in total. The Bertz CT molecular complexity index is 563. The normalized spacial score (nSPS) is 10.1. The minimum absolute atomic E-state index is 0.261. The van der Waals surface area contributed by atoms with E-state index < -0.39 is 0 Å². The lowest BCUT2D eigenvalue weighted by molar-refractivity contribution is 0.332. The number of anilines is 2. The van der Waals surface area contributed by atoms with E-state index in [1.165, 1.54) is 13.3 Å². The fourth-order valence-corrected chi connectivity index (χ4v) is 1.63. The largest absolute Gasteiger partial charge is 0.492 e. The third-order valence-electron chi connectivity index (χ3n) is 2.45. The zero-order valence-electron chi connectivity index (χ0n) is 11.0. The summed E-state index contributed by atoms with van der Waals surface area (Å²) in [4.78, 5) is 7.99. The quantitative estimate of drug-likeness (QED) is 0.628. The van der Waals surface area contributed by atoms with Crippen molar-refractivity contribution in [3.63, 3.8) is 0 Å². The maximum atomic E-state index is 5.97. The van der Waals surface area contributed by atoms with E-state index in [2.05, 4.69) is 15.3 Å². The molecule has 0 atom stereocenters. The van der Waals surface area contributed by atoms with E-state index in [1.54, 1.807) is 12.1 Å². The molecule has 1 aromatic heterocycles. The van der Waals surface area contributed by atoms with Crippen LogP contribution in [0, 0.1) is 0 Å². The fourth-order valence-electron chi connectivity index (χ4n) is 1.48. The van der Waals surface area contributed by atoms with Gasteiger partial charge in [-0.05, 0) is 24.3 Å². The van der Waals surface area contributed by atoms with E-state index in [0.717, 1.165) is 5.75 Å². The molecule has 106 valence electrons. The summed E-state index contributed by atoms with van der Waals surface area (Å²) in [7, 11) is 1.50. The van der Waals surface area contributed by atoms with Crippen LogP contribution in [0.25, 0.3) is 0 Å². The number of hydrogen-bond donors (Lipinski definition) is 2. The molecule has 0 bridgehead atoms. The van der Waals surface area contributed by atoms with Crippen LogP contribution in [0.2, 0.25) is 5.02 Å². The summed E-state index contributed by atoms with van der Waals surface area (Å²) in [6, 6.07) is 7.46. The van der Waals surface area contributed by atoms with Gasteiger partial charge in [0.15, 0.2) is 5.82 Å². The van der Waals surface area contributed by atoms with E-state index in [0.29, 0.717) is 29.7 Å². The number of nitrogens with two attached hydrogens (primary N) is 1. The molecule has 0 aliphatic rings. The highest BCUT2D eigenvalue weighted by Gasteiger charge is 2.04. The fraction of sp³-hybridized carbons (Fsp3) is 0.231. The van der Waals surface area contributed by atoms with Crippen LogP contribution in [0.1, 0.15) is 0 Å². The lowest BCUT2D eigenvalue weighted by Crippen LogP contribution is -2.13. The number of aromatic nitrogens is 2. The smallest absolute Gasteiger partial charge is 0.318 e. The highest BCUT2D eigenvalue weighted by Crippen LogP contribution is 2.19. The number of nitrogen functional groups attached to an aromatic ring is 1. The zero-order chi connectivity index (χ0) is 14.4. The molecule has 0 saturated heterocycles.